The van der Waals surface area contributed by atoms with Crippen LogP contribution < -0.4 is 19.3 Å². The maximum Gasteiger partial charge on any atom is 0.306 e. The number of ether oxygens (including phenoxy) is 4. The van der Waals surface area contributed by atoms with Crippen molar-refractivity contribution in [3.63, 3.8) is 0 Å². The van der Waals surface area contributed by atoms with Gasteiger partial charge in [-0.2, -0.15) is 0 Å². The molecule has 8 nitrogen and oxygen atoms in total. The van der Waals surface area contributed by atoms with Crippen LogP contribution >= 0.6 is 0 Å². The van der Waals surface area contributed by atoms with Gasteiger partial charge in [0, 0.05) is 54.1 Å². The zero-order chi connectivity index (χ0) is 41.0. The summed E-state index contributed by atoms with van der Waals surface area (Å²) in [7, 11) is 4.95. The summed E-state index contributed by atoms with van der Waals surface area (Å²) in [6.07, 6.45) is 2.16. The Kier molecular flexibility index (Phi) is 14.0. The molecule has 0 aromatic heterocycles. The zero-order valence-corrected chi connectivity index (χ0v) is 34.3. The standard InChI is InChI=1S/C50H52N2O6/c1-35-33-46(56-5)26-28-48(35)51(42-18-9-38(10-19-42)8-7-37(3)53)44-22-14-40(15-23-44)41-16-24-45(25-17-41)52(49-29-27-47(57-6)34-36(49)2)43-20-11-39(12-21-43)13-30-50(54)58-32-31-55-4/h9-12,14-29,33-34H,7-8,13,30-32H2,1-6H3. The molecule has 6 aromatic carbocycles. The molecule has 0 saturated heterocycles. The first-order valence-corrected chi connectivity index (χ1v) is 19.6. The molecule has 6 rings (SSSR count). The number of methoxy groups -OCH3 is 3. The van der Waals surface area contributed by atoms with Crippen molar-refractivity contribution in [3.8, 4) is 22.6 Å². The Bertz CT molecular complexity index is 2280. The van der Waals surface area contributed by atoms with Crippen LogP contribution in [0.25, 0.3) is 11.1 Å². The Balaban J connectivity index is 1.27. The van der Waals surface area contributed by atoms with Gasteiger partial charge in [-0.15, -0.1) is 0 Å². The summed E-state index contributed by atoms with van der Waals surface area (Å²) in [6, 6.07) is 46.3. The van der Waals surface area contributed by atoms with E-state index < -0.39 is 0 Å². The fourth-order valence-electron chi connectivity index (χ4n) is 6.97. The van der Waals surface area contributed by atoms with Crippen LogP contribution in [0, 0.1) is 13.8 Å². The summed E-state index contributed by atoms with van der Waals surface area (Å²) >= 11 is 0. The predicted molar refractivity (Wildman–Crippen MR) is 234 cm³/mol. The number of aryl methyl sites for hydroxylation is 4. The normalized spacial score (nSPS) is 10.9. The fourth-order valence-corrected chi connectivity index (χ4v) is 6.97. The first-order chi connectivity index (χ1) is 28.2. The third-order valence-corrected chi connectivity index (χ3v) is 10.2. The van der Waals surface area contributed by atoms with Crippen LogP contribution in [-0.4, -0.2) is 46.3 Å². The first-order valence-electron chi connectivity index (χ1n) is 19.6. The summed E-state index contributed by atoms with van der Waals surface area (Å²) in [5, 5.41) is 0. The lowest BCUT2D eigenvalue weighted by molar-refractivity contribution is -0.144. The van der Waals surface area contributed by atoms with Crippen LogP contribution in [-0.2, 0) is 31.9 Å². The average Bonchev–Trinajstić information content (AvgIpc) is 3.25. The van der Waals surface area contributed by atoms with E-state index in [1.807, 2.05) is 18.2 Å². The van der Waals surface area contributed by atoms with E-state index in [2.05, 4.69) is 139 Å². The van der Waals surface area contributed by atoms with E-state index in [9.17, 15) is 9.59 Å². The smallest absolute Gasteiger partial charge is 0.306 e. The Morgan fingerprint density at radius 1 is 0.500 bits per heavy atom. The number of carbonyl (C=O) groups is 2. The molecule has 0 saturated carbocycles. The van der Waals surface area contributed by atoms with Crippen molar-refractivity contribution in [1.82, 2.24) is 0 Å². The quantitative estimate of drug-likeness (QED) is 0.0631. The highest BCUT2D eigenvalue weighted by Gasteiger charge is 2.18. The molecule has 6 aromatic rings. The minimum Gasteiger partial charge on any atom is -0.497 e. The molecule has 0 heterocycles. The van der Waals surface area contributed by atoms with E-state index in [-0.39, 0.29) is 18.4 Å². The van der Waals surface area contributed by atoms with Crippen molar-refractivity contribution in [1.29, 1.82) is 0 Å². The van der Waals surface area contributed by atoms with Gasteiger partial charge in [-0.1, -0.05) is 48.5 Å². The van der Waals surface area contributed by atoms with E-state index in [4.69, 9.17) is 18.9 Å². The highest BCUT2D eigenvalue weighted by Crippen LogP contribution is 2.41. The van der Waals surface area contributed by atoms with Crippen LogP contribution in [0.5, 0.6) is 11.5 Å². The molecule has 0 spiro atoms. The molecule has 0 aliphatic heterocycles. The van der Waals surface area contributed by atoms with Gasteiger partial charge in [0.25, 0.3) is 0 Å². The van der Waals surface area contributed by atoms with E-state index in [0.717, 1.165) is 85.4 Å². The lowest BCUT2D eigenvalue weighted by Gasteiger charge is -2.28. The van der Waals surface area contributed by atoms with Crippen LogP contribution in [0.3, 0.4) is 0 Å². The largest absolute Gasteiger partial charge is 0.497 e. The van der Waals surface area contributed by atoms with Crippen LogP contribution in [0.2, 0.25) is 0 Å². The number of anilines is 6. The number of benzene rings is 6. The van der Waals surface area contributed by atoms with Gasteiger partial charge in [0.05, 0.1) is 20.8 Å². The molecular formula is C50H52N2O6. The van der Waals surface area contributed by atoms with Crippen LogP contribution in [0.4, 0.5) is 34.1 Å². The molecule has 0 aliphatic carbocycles. The Labute approximate surface area is 342 Å². The molecule has 0 unspecified atom stereocenters. The van der Waals surface area contributed by atoms with Gasteiger partial charge >= 0.3 is 5.97 Å². The lowest BCUT2D eigenvalue weighted by atomic mass is 10.0. The molecule has 0 radical (unpaired) electrons. The molecule has 8 heteroatoms. The van der Waals surface area contributed by atoms with E-state index >= 15 is 0 Å². The molecule has 0 amide bonds. The molecule has 0 fully saturated rings. The number of carbonyl (C=O) groups excluding carboxylic acids is 2. The van der Waals surface area contributed by atoms with Gasteiger partial charge in [0.2, 0.25) is 0 Å². The third-order valence-electron chi connectivity index (χ3n) is 10.2. The molecule has 0 atom stereocenters. The van der Waals surface area contributed by atoms with Crippen molar-refractivity contribution < 1.29 is 28.5 Å². The maximum absolute atomic E-state index is 12.2. The number of nitrogens with zero attached hydrogens (tertiary/aromatic N) is 2. The fraction of sp³-hybridized carbons (Fsp3) is 0.240. The van der Waals surface area contributed by atoms with Gasteiger partial charge < -0.3 is 33.5 Å². The number of rotatable bonds is 18. The summed E-state index contributed by atoms with van der Waals surface area (Å²) in [5.74, 6) is 1.57. The Morgan fingerprint density at radius 3 is 1.26 bits per heavy atom. The van der Waals surface area contributed by atoms with E-state index in [1.165, 1.54) is 0 Å². The van der Waals surface area contributed by atoms with Crippen LogP contribution in [0.15, 0.2) is 133 Å². The second-order valence-electron chi connectivity index (χ2n) is 14.3. The van der Waals surface area contributed by atoms with Gasteiger partial charge in [-0.3, -0.25) is 4.79 Å². The van der Waals surface area contributed by atoms with Crippen molar-refractivity contribution in [3.05, 3.63) is 156 Å². The van der Waals surface area contributed by atoms with Gasteiger partial charge in [-0.05, 0) is 152 Å². The molecule has 58 heavy (non-hydrogen) atoms. The predicted octanol–water partition coefficient (Wildman–Crippen LogP) is 11.6. The molecular weight excluding hydrogens is 725 g/mol. The Morgan fingerprint density at radius 2 is 0.897 bits per heavy atom. The third kappa shape index (κ3) is 10.3. The summed E-state index contributed by atoms with van der Waals surface area (Å²) in [5.41, 5.74) is 12.7. The Hall–Kier alpha value is -6.38. The second kappa shape index (κ2) is 19.7. The van der Waals surface area contributed by atoms with Crippen molar-refractivity contribution in [2.24, 2.45) is 0 Å². The monoisotopic (exact) mass is 776 g/mol. The van der Waals surface area contributed by atoms with Crippen LogP contribution in [0.1, 0.15) is 42.0 Å². The topological polar surface area (TPSA) is 77.5 Å². The van der Waals surface area contributed by atoms with Gasteiger partial charge in [-0.25, -0.2) is 0 Å². The molecule has 298 valence electrons. The lowest BCUT2D eigenvalue weighted by Crippen LogP contribution is -2.12. The number of hydrogen-bond acceptors (Lipinski definition) is 8. The first kappa shape index (κ1) is 41.3. The summed E-state index contributed by atoms with van der Waals surface area (Å²) in [6.45, 7) is 6.47. The number of esters is 1. The molecule has 0 bridgehead atoms. The van der Waals surface area contributed by atoms with Gasteiger partial charge in [0.15, 0.2) is 0 Å². The summed E-state index contributed by atoms with van der Waals surface area (Å²) < 4.78 is 21.3. The van der Waals surface area contributed by atoms with Crippen molar-refractivity contribution in [2.75, 3.05) is 44.3 Å². The minimum absolute atomic E-state index is 0.192. The van der Waals surface area contributed by atoms with Crippen molar-refractivity contribution in [2.45, 2.75) is 46.5 Å². The number of Topliss-reactive ketones (excluding diaryl/α,β-unsaturated/α-hetero) is 1. The second-order valence-corrected chi connectivity index (χ2v) is 14.3. The number of ketones is 1. The van der Waals surface area contributed by atoms with Gasteiger partial charge in [0.1, 0.15) is 23.9 Å². The van der Waals surface area contributed by atoms with E-state index in [0.29, 0.717) is 25.9 Å². The highest BCUT2D eigenvalue weighted by molar-refractivity contribution is 5.83. The summed E-state index contributed by atoms with van der Waals surface area (Å²) in [4.78, 5) is 28.3. The average molecular weight is 777 g/mol. The SMILES string of the molecule is COCCOC(=O)CCc1ccc(N(c2ccc(-c3ccc(N(c4ccc(CCC(C)=O)cc4)c4ccc(OC)cc4C)cc3)cc2)c2ccc(OC)cc2C)cc1. The number of hydrogen-bond donors (Lipinski definition) is 0. The zero-order valence-electron chi connectivity index (χ0n) is 34.3. The van der Waals surface area contributed by atoms with E-state index in [1.54, 1.807) is 28.3 Å². The molecule has 0 aliphatic rings. The maximum atomic E-state index is 12.2. The molecule has 0 N–H and O–H groups in total. The van der Waals surface area contributed by atoms with Crippen molar-refractivity contribution >= 4 is 45.9 Å². The highest BCUT2D eigenvalue weighted by atomic mass is 16.6. The minimum atomic E-state index is -0.232.